The zero-order valence-corrected chi connectivity index (χ0v) is 12.5. The van der Waals surface area contributed by atoms with Crippen molar-refractivity contribution < 1.29 is 13.9 Å². The van der Waals surface area contributed by atoms with Gasteiger partial charge in [0, 0.05) is 22.9 Å². The Morgan fingerprint density at radius 3 is 2.67 bits per heavy atom. The molecule has 2 aromatic rings. The van der Waals surface area contributed by atoms with Crippen molar-refractivity contribution in [2.75, 3.05) is 6.61 Å². The molecule has 0 aliphatic rings. The van der Waals surface area contributed by atoms with Gasteiger partial charge in [0.15, 0.2) is 0 Å². The van der Waals surface area contributed by atoms with E-state index < -0.39 is 5.63 Å². The van der Waals surface area contributed by atoms with E-state index in [0.29, 0.717) is 23.5 Å². The summed E-state index contributed by atoms with van der Waals surface area (Å²) in [5, 5.41) is 0.828. The van der Waals surface area contributed by atoms with Gasteiger partial charge >= 0.3 is 5.63 Å². The summed E-state index contributed by atoms with van der Waals surface area (Å²) >= 11 is 0. The molecule has 21 heavy (non-hydrogen) atoms. The fourth-order valence-electron chi connectivity index (χ4n) is 2.33. The predicted molar refractivity (Wildman–Crippen MR) is 82.0 cm³/mol. The van der Waals surface area contributed by atoms with Crippen molar-refractivity contribution in [1.82, 2.24) is 0 Å². The molecule has 0 N–H and O–H groups in total. The molecule has 0 unspecified atom stereocenters. The fraction of sp³-hybridized carbons (Fsp3) is 0.294. The van der Waals surface area contributed by atoms with Crippen LogP contribution < -0.4 is 10.4 Å². The molecule has 0 fully saturated rings. The Morgan fingerprint density at radius 2 is 2.05 bits per heavy atom. The van der Waals surface area contributed by atoms with Crippen molar-refractivity contribution in [1.29, 1.82) is 0 Å². The van der Waals surface area contributed by atoms with E-state index in [1.54, 1.807) is 6.08 Å². The van der Waals surface area contributed by atoms with Crippen LogP contribution >= 0.6 is 0 Å². The van der Waals surface area contributed by atoms with Gasteiger partial charge in [-0.2, -0.15) is 0 Å². The first-order valence-corrected chi connectivity index (χ1v) is 6.74. The largest absolute Gasteiger partial charge is 0.489 e. The molecule has 1 aromatic carbocycles. The van der Waals surface area contributed by atoms with Crippen LogP contribution in [0.4, 0.5) is 0 Å². The smallest absolute Gasteiger partial charge is 0.340 e. The molecule has 2 rings (SSSR count). The van der Waals surface area contributed by atoms with Crippen LogP contribution in [0.15, 0.2) is 34.0 Å². The SMILES string of the molecule is C=CCOc1ccc2c(C)c(CC(C)=O)c(=O)oc2c1C. The number of aryl methyl sites for hydroxylation is 2. The van der Waals surface area contributed by atoms with Crippen molar-refractivity contribution in [2.24, 2.45) is 0 Å². The molecule has 0 atom stereocenters. The number of carbonyl (C=O) groups is 1. The molecule has 0 amide bonds. The third kappa shape index (κ3) is 2.89. The lowest BCUT2D eigenvalue weighted by Gasteiger charge is -2.12. The van der Waals surface area contributed by atoms with Crippen molar-refractivity contribution >= 4 is 16.8 Å². The van der Waals surface area contributed by atoms with E-state index in [0.717, 1.165) is 16.5 Å². The summed E-state index contributed by atoms with van der Waals surface area (Å²) in [4.78, 5) is 23.4. The minimum absolute atomic E-state index is 0.0626. The number of ketones is 1. The number of hydrogen-bond acceptors (Lipinski definition) is 4. The van der Waals surface area contributed by atoms with Gasteiger partial charge in [0.05, 0.1) is 0 Å². The average Bonchev–Trinajstić information content (AvgIpc) is 2.43. The lowest BCUT2D eigenvalue weighted by Crippen LogP contribution is -2.14. The molecule has 0 aliphatic heterocycles. The molecular formula is C17H18O4. The van der Waals surface area contributed by atoms with Crippen LogP contribution in [0.1, 0.15) is 23.6 Å². The Balaban J connectivity index is 2.65. The first-order chi connectivity index (χ1) is 9.95. The second kappa shape index (κ2) is 5.95. The highest BCUT2D eigenvalue weighted by atomic mass is 16.5. The van der Waals surface area contributed by atoms with E-state index in [1.807, 2.05) is 26.0 Å². The Bertz CT molecular complexity index is 768. The lowest BCUT2D eigenvalue weighted by atomic mass is 10.0. The zero-order valence-electron chi connectivity index (χ0n) is 12.5. The first-order valence-electron chi connectivity index (χ1n) is 6.74. The molecule has 0 aliphatic carbocycles. The number of rotatable bonds is 5. The molecule has 4 nitrogen and oxygen atoms in total. The maximum atomic E-state index is 12.1. The molecule has 0 saturated carbocycles. The van der Waals surface area contributed by atoms with E-state index in [1.165, 1.54) is 6.92 Å². The zero-order chi connectivity index (χ0) is 15.6. The molecular weight excluding hydrogens is 268 g/mol. The quantitative estimate of drug-likeness (QED) is 0.626. The van der Waals surface area contributed by atoms with Crippen LogP contribution in [-0.4, -0.2) is 12.4 Å². The highest BCUT2D eigenvalue weighted by Crippen LogP contribution is 2.29. The lowest BCUT2D eigenvalue weighted by molar-refractivity contribution is -0.116. The molecule has 0 bridgehead atoms. The van der Waals surface area contributed by atoms with Gasteiger partial charge in [-0.15, -0.1) is 0 Å². The van der Waals surface area contributed by atoms with Crippen LogP contribution in [0.2, 0.25) is 0 Å². The highest BCUT2D eigenvalue weighted by Gasteiger charge is 2.16. The van der Waals surface area contributed by atoms with Crippen LogP contribution in [-0.2, 0) is 11.2 Å². The van der Waals surface area contributed by atoms with Gasteiger partial charge in [0.2, 0.25) is 0 Å². The molecule has 1 aromatic heterocycles. The number of Topliss-reactive ketones (excluding diaryl/α,β-unsaturated/α-hetero) is 1. The molecule has 110 valence electrons. The van der Waals surface area contributed by atoms with Gasteiger partial charge in [0.1, 0.15) is 23.7 Å². The number of ether oxygens (including phenoxy) is 1. The Labute approximate surface area is 123 Å². The molecule has 0 spiro atoms. The number of hydrogen-bond donors (Lipinski definition) is 0. The average molecular weight is 286 g/mol. The summed E-state index contributed by atoms with van der Waals surface area (Å²) in [6, 6.07) is 3.69. The summed E-state index contributed by atoms with van der Waals surface area (Å²) in [6.45, 7) is 9.13. The number of carbonyl (C=O) groups excluding carboxylic acids is 1. The van der Waals surface area contributed by atoms with E-state index >= 15 is 0 Å². The van der Waals surface area contributed by atoms with Gasteiger partial charge in [-0.1, -0.05) is 12.7 Å². The summed E-state index contributed by atoms with van der Waals surface area (Å²) in [5.41, 5.74) is 2.03. The number of fused-ring (bicyclic) bond motifs is 1. The van der Waals surface area contributed by atoms with Crippen molar-refractivity contribution in [3.63, 3.8) is 0 Å². The normalized spacial score (nSPS) is 10.6. The van der Waals surface area contributed by atoms with Gasteiger partial charge < -0.3 is 9.15 Å². The van der Waals surface area contributed by atoms with Crippen LogP contribution in [0.25, 0.3) is 11.0 Å². The van der Waals surface area contributed by atoms with Gasteiger partial charge in [-0.25, -0.2) is 4.79 Å². The molecule has 0 radical (unpaired) electrons. The summed E-state index contributed by atoms with van der Waals surface area (Å²) in [6.07, 6.45) is 1.75. The highest BCUT2D eigenvalue weighted by molar-refractivity contribution is 5.87. The second-order valence-corrected chi connectivity index (χ2v) is 5.04. The summed E-state index contributed by atoms with van der Waals surface area (Å²) in [7, 11) is 0. The maximum absolute atomic E-state index is 12.1. The fourth-order valence-corrected chi connectivity index (χ4v) is 2.33. The van der Waals surface area contributed by atoms with E-state index in [-0.39, 0.29) is 12.2 Å². The topological polar surface area (TPSA) is 56.5 Å². The number of benzene rings is 1. The molecule has 4 heteroatoms. The standard InChI is InChI=1S/C17H18O4/c1-5-8-20-15-7-6-13-11(3)14(9-10(2)18)17(19)21-16(13)12(15)4/h5-7H,1,8-9H2,2-4H3. The second-order valence-electron chi connectivity index (χ2n) is 5.04. The maximum Gasteiger partial charge on any atom is 0.340 e. The van der Waals surface area contributed by atoms with Crippen molar-refractivity contribution in [2.45, 2.75) is 27.2 Å². The van der Waals surface area contributed by atoms with Crippen LogP contribution in [0.5, 0.6) is 5.75 Å². The monoisotopic (exact) mass is 286 g/mol. The third-order valence-corrected chi connectivity index (χ3v) is 3.44. The Kier molecular flexibility index (Phi) is 4.26. The first kappa shape index (κ1) is 15.0. The molecule has 1 heterocycles. The minimum atomic E-state index is -0.459. The van der Waals surface area contributed by atoms with E-state index in [9.17, 15) is 9.59 Å². The summed E-state index contributed by atoms with van der Waals surface area (Å²) < 4.78 is 10.9. The third-order valence-electron chi connectivity index (χ3n) is 3.44. The van der Waals surface area contributed by atoms with Crippen molar-refractivity contribution in [3.8, 4) is 5.75 Å². The van der Waals surface area contributed by atoms with Gasteiger partial charge in [-0.05, 0) is 38.5 Å². The predicted octanol–water partition coefficient (Wildman–Crippen LogP) is 3.11. The van der Waals surface area contributed by atoms with E-state index in [4.69, 9.17) is 9.15 Å². The van der Waals surface area contributed by atoms with Crippen molar-refractivity contribution in [3.05, 3.63) is 51.9 Å². The van der Waals surface area contributed by atoms with Crippen LogP contribution in [0, 0.1) is 13.8 Å². The van der Waals surface area contributed by atoms with Gasteiger partial charge in [-0.3, -0.25) is 4.79 Å². The van der Waals surface area contributed by atoms with Gasteiger partial charge in [0.25, 0.3) is 0 Å². The minimum Gasteiger partial charge on any atom is -0.489 e. The van der Waals surface area contributed by atoms with E-state index in [2.05, 4.69) is 6.58 Å². The Morgan fingerprint density at radius 1 is 1.33 bits per heavy atom. The molecule has 0 saturated heterocycles. The van der Waals surface area contributed by atoms with Crippen LogP contribution in [0.3, 0.4) is 0 Å². The summed E-state index contributed by atoms with van der Waals surface area (Å²) in [5.74, 6) is 0.594. The Hall–Kier alpha value is -2.36.